The Kier molecular flexibility index (Phi) is 5.88. The summed E-state index contributed by atoms with van der Waals surface area (Å²) in [7, 11) is 0. The van der Waals surface area contributed by atoms with E-state index in [-0.39, 0.29) is 17.3 Å². The predicted octanol–water partition coefficient (Wildman–Crippen LogP) is 4.16. The van der Waals surface area contributed by atoms with Gasteiger partial charge in [0, 0.05) is 12.6 Å². The molecule has 0 amide bonds. The lowest BCUT2D eigenvalue weighted by atomic mass is 10.3. The van der Waals surface area contributed by atoms with Crippen molar-refractivity contribution in [2.24, 2.45) is 0 Å². The van der Waals surface area contributed by atoms with E-state index < -0.39 is 24.6 Å². The van der Waals surface area contributed by atoms with Gasteiger partial charge in [0.05, 0.1) is 16.0 Å². The molecule has 8 heteroatoms. The highest BCUT2D eigenvalue weighted by Crippen LogP contribution is 2.31. The van der Waals surface area contributed by atoms with Gasteiger partial charge in [-0.3, -0.25) is 0 Å². The Morgan fingerprint density at radius 3 is 2.63 bits per heavy atom. The summed E-state index contributed by atoms with van der Waals surface area (Å²) in [5.41, 5.74) is 0. The first kappa shape index (κ1) is 16.5. The van der Waals surface area contributed by atoms with E-state index in [2.05, 4.69) is 21.2 Å². The van der Waals surface area contributed by atoms with E-state index in [0.29, 0.717) is 4.47 Å². The summed E-state index contributed by atoms with van der Waals surface area (Å²) in [6.07, 6.45) is -4.83. The van der Waals surface area contributed by atoms with E-state index in [9.17, 15) is 17.6 Å². The number of benzene rings is 1. The van der Waals surface area contributed by atoms with Crippen molar-refractivity contribution in [3.8, 4) is 5.75 Å². The van der Waals surface area contributed by atoms with Crippen molar-refractivity contribution >= 4 is 27.5 Å². The van der Waals surface area contributed by atoms with Crippen LogP contribution in [0.25, 0.3) is 0 Å². The Labute approximate surface area is 121 Å². The summed E-state index contributed by atoms with van der Waals surface area (Å²) in [5.74, 6) is -0.474. The van der Waals surface area contributed by atoms with Crippen LogP contribution in [0, 0.1) is 5.82 Å². The minimum Gasteiger partial charge on any atom is -0.488 e. The fourth-order valence-corrected chi connectivity index (χ4v) is 2.00. The minimum absolute atomic E-state index is 0.0177. The van der Waals surface area contributed by atoms with Crippen LogP contribution in [0.2, 0.25) is 5.02 Å². The van der Waals surface area contributed by atoms with Crippen LogP contribution in [0.4, 0.5) is 17.6 Å². The number of halogens is 6. The topological polar surface area (TPSA) is 21.3 Å². The van der Waals surface area contributed by atoms with Crippen molar-refractivity contribution < 1.29 is 22.3 Å². The first-order valence-electron chi connectivity index (χ1n) is 5.27. The maximum Gasteiger partial charge on any atom is 0.401 e. The van der Waals surface area contributed by atoms with Crippen LogP contribution in [-0.4, -0.2) is 25.4 Å². The third kappa shape index (κ3) is 5.97. The van der Waals surface area contributed by atoms with Crippen LogP contribution in [0.3, 0.4) is 0 Å². The second-order valence-corrected chi connectivity index (χ2v) is 5.13. The molecule has 0 radical (unpaired) electrons. The number of rotatable bonds is 5. The second kappa shape index (κ2) is 6.76. The maximum absolute atomic E-state index is 13.2. The third-order valence-corrected chi connectivity index (χ3v) is 2.97. The molecule has 2 nitrogen and oxygen atoms in total. The molecule has 1 aromatic rings. The highest BCUT2D eigenvalue weighted by molar-refractivity contribution is 9.10. The maximum atomic E-state index is 13.2. The molecule has 1 unspecified atom stereocenters. The second-order valence-electron chi connectivity index (χ2n) is 3.87. The Hall–Kier alpha value is -0.530. The molecule has 0 bridgehead atoms. The summed E-state index contributed by atoms with van der Waals surface area (Å²) in [6.45, 7) is 0.454. The monoisotopic (exact) mass is 363 g/mol. The molecule has 1 rings (SSSR count). The van der Waals surface area contributed by atoms with Crippen LogP contribution in [-0.2, 0) is 0 Å². The minimum atomic E-state index is -4.27. The van der Waals surface area contributed by atoms with Crippen molar-refractivity contribution in [3.05, 3.63) is 27.4 Å². The molecule has 0 aliphatic heterocycles. The summed E-state index contributed by atoms with van der Waals surface area (Å²) < 4.78 is 54.7. The fraction of sp³-hybridized carbons (Fsp3) is 0.455. The molecular formula is C11H11BrClF4NO. The predicted molar refractivity (Wildman–Crippen MR) is 68.1 cm³/mol. The highest BCUT2D eigenvalue weighted by atomic mass is 79.9. The first-order valence-corrected chi connectivity index (χ1v) is 6.45. The van der Waals surface area contributed by atoms with Crippen LogP contribution < -0.4 is 10.1 Å². The van der Waals surface area contributed by atoms with Gasteiger partial charge in [0.15, 0.2) is 0 Å². The summed E-state index contributed by atoms with van der Waals surface area (Å²) in [5, 5.41) is 2.14. The summed E-state index contributed by atoms with van der Waals surface area (Å²) in [4.78, 5) is 0. The van der Waals surface area contributed by atoms with Gasteiger partial charge in [0.25, 0.3) is 0 Å². The molecule has 19 heavy (non-hydrogen) atoms. The average Bonchev–Trinajstić information content (AvgIpc) is 2.24. The lowest BCUT2D eigenvalue weighted by Gasteiger charge is -2.17. The number of nitrogens with one attached hydrogen (secondary N) is 1. The summed E-state index contributed by atoms with van der Waals surface area (Å²) in [6, 6.07) is 2.40. The van der Waals surface area contributed by atoms with Crippen LogP contribution in [0.5, 0.6) is 5.75 Å². The van der Waals surface area contributed by atoms with Gasteiger partial charge < -0.3 is 10.1 Å². The van der Waals surface area contributed by atoms with E-state index in [1.165, 1.54) is 6.07 Å². The Morgan fingerprint density at radius 2 is 2.05 bits per heavy atom. The van der Waals surface area contributed by atoms with Crippen molar-refractivity contribution in [2.75, 3.05) is 13.1 Å². The van der Waals surface area contributed by atoms with Crippen molar-refractivity contribution in [1.82, 2.24) is 5.32 Å². The Balaban J connectivity index is 2.53. The van der Waals surface area contributed by atoms with Gasteiger partial charge in [-0.15, -0.1) is 0 Å². The Morgan fingerprint density at radius 1 is 1.42 bits per heavy atom. The van der Waals surface area contributed by atoms with E-state index in [1.54, 1.807) is 6.92 Å². The SMILES string of the molecule is CC(CNCC(F)(F)F)Oc1cc(F)c(Cl)cc1Br. The van der Waals surface area contributed by atoms with Gasteiger partial charge >= 0.3 is 6.18 Å². The zero-order chi connectivity index (χ0) is 14.6. The molecule has 0 saturated heterocycles. The van der Waals surface area contributed by atoms with Gasteiger partial charge in [-0.1, -0.05) is 11.6 Å². The highest BCUT2D eigenvalue weighted by Gasteiger charge is 2.26. The van der Waals surface area contributed by atoms with Crippen LogP contribution in [0.15, 0.2) is 16.6 Å². The number of hydrogen-bond donors (Lipinski definition) is 1. The van der Waals surface area contributed by atoms with Gasteiger partial charge in [0.2, 0.25) is 0 Å². The molecule has 108 valence electrons. The molecule has 1 atom stereocenters. The smallest absolute Gasteiger partial charge is 0.401 e. The van der Waals surface area contributed by atoms with Gasteiger partial charge in [-0.05, 0) is 28.9 Å². The standard InChI is InChI=1S/C11H11BrClF4NO/c1-6(4-18-5-11(15,16)17)19-10-3-9(14)8(13)2-7(10)12/h2-3,6,18H,4-5H2,1H3. The molecule has 1 N–H and O–H groups in total. The molecule has 0 aliphatic carbocycles. The van der Waals surface area contributed by atoms with Gasteiger partial charge in [-0.2, -0.15) is 13.2 Å². The lowest BCUT2D eigenvalue weighted by molar-refractivity contribution is -0.125. The fourth-order valence-electron chi connectivity index (χ4n) is 1.27. The van der Waals surface area contributed by atoms with Crippen molar-refractivity contribution in [2.45, 2.75) is 19.2 Å². The van der Waals surface area contributed by atoms with Gasteiger partial charge in [0.1, 0.15) is 17.7 Å². The quantitative estimate of drug-likeness (QED) is 0.626. The molecule has 0 spiro atoms. The van der Waals surface area contributed by atoms with E-state index in [4.69, 9.17) is 16.3 Å². The normalized spacial score (nSPS) is 13.4. The van der Waals surface area contributed by atoms with E-state index in [1.807, 2.05) is 0 Å². The molecule has 0 saturated carbocycles. The largest absolute Gasteiger partial charge is 0.488 e. The Bertz CT molecular complexity index is 441. The van der Waals surface area contributed by atoms with E-state index in [0.717, 1.165) is 6.07 Å². The number of ether oxygens (including phenoxy) is 1. The van der Waals surface area contributed by atoms with Crippen LogP contribution in [0.1, 0.15) is 6.92 Å². The molecular weight excluding hydrogens is 353 g/mol. The first-order chi connectivity index (χ1) is 8.69. The summed E-state index contributed by atoms with van der Waals surface area (Å²) >= 11 is 8.69. The van der Waals surface area contributed by atoms with Crippen molar-refractivity contribution in [3.63, 3.8) is 0 Å². The van der Waals surface area contributed by atoms with Crippen LogP contribution >= 0.6 is 27.5 Å². The molecule has 0 fully saturated rings. The number of hydrogen-bond acceptors (Lipinski definition) is 2. The van der Waals surface area contributed by atoms with Gasteiger partial charge in [-0.25, -0.2) is 4.39 Å². The third-order valence-electron chi connectivity index (χ3n) is 2.06. The zero-order valence-electron chi connectivity index (χ0n) is 9.82. The van der Waals surface area contributed by atoms with E-state index >= 15 is 0 Å². The lowest BCUT2D eigenvalue weighted by Crippen LogP contribution is -2.35. The number of alkyl halides is 3. The molecule has 1 aromatic carbocycles. The molecule has 0 aromatic heterocycles. The zero-order valence-corrected chi connectivity index (χ0v) is 12.2. The molecule has 0 aliphatic rings. The average molecular weight is 365 g/mol. The van der Waals surface area contributed by atoms with Crippen molar-refractivity contribution in [1.29, 1.82) is 0 Å². The molecule has 0 heterocycles.